The van der Waals surface area contributed by atoms with Gasteiger partial charge in [-0.1, -0.05) is 12.1 Å². The summed E-state index contributed by atoms with van der Waals surface area (Å²) in [6.45, 7) is 0.933. The Kier molecular flexibility index (Phi) is 7.87. The monoisotopic (exact) mass is 418 g/mol. The van der Waals surface area contributed by atoms with Crippen molar-refractivity contribution in [3.8, 4) is 5.75 Å². The van der Waals surface area contributed by atoms with Crippen molar-refractivity contribution in [2.75, 3.05) is 20.3 Å². The molecule has 0 radical (unpaired) electrons. The molecule has 0 aromatic heterocycles. The Labute approximate surface area is 175 Å². The number of aliphatic hydroxyl groups is 1. The lowest BCUT2D eigenvalue weighted by Gasteiger charge is -2.18. The summed E-state index contributed by atoms with van der Waals surface area (Å²) in [6.07, 6.45) is 2.76. The molecule has 3 rings (SSSR count). The molecule has 0 amide bonds. The third kappa shape index (κ3) is 6.08. The van der Waals surface area contributed by atoms with Crippen molar-refractivity contribution < 1.29 is 38.4 Å². The fraction of sp³-hybridized carbons (Fsp3) is 0.455. The van der Waals surface area contributed by atoms with Gasteiger partial charge in [-0.2, -0.15) is 0 Å². The maximum atomic E-state index is 11.9. The topological polar surface area (TPSA) is 101 Å². The Hall–Kier alpha value is -2.84. The van der Waals surface area contributed by atoms with Crippen LogP contribution in [0.2, 0.25) is 0 Å². The Bertz CT molecular complexity index is 796. The normalized spacial score (nSPS) is 24.2. The zero-order valence-corrected chi connectivity index (χ0v) is 16.9. The van der Waals surface area contributed by atoms with Crippen molar-refractivity contribution >= 4 is 11.9 Å². The van der Waals surface area contributed by atoms with E-state index < -0.39 is 18.2 Å². The van der Waals surface area contributed by atoms with Gasteiger partial charge in [0.15, 0.2) is 0 Å². The summed E-state index contributed by atoms with van der Waals surface area (Å²) in [5, 5.41) is 9.91. The first-order chi connectivity index (χ1) is 14.6. The van der Waals surface area contributed by atoms with Gasteiger partial charge in [0.25, 0.3) is 0 Å². The van der Waals surface area contributed by atoms with E-state index in [0.717, 1.165) is 11.3 Å². The third-order valence-electron chi connectivity index (χ3n) is 4.86. The number of rotatable bonds is 4. The van der Waals surface area contributed by atoms with E-state index in [1.165, 1.54) is 12.3 Å². The van der Waals surface area contributed by atoms with E-state index in [1.54, 1.807) is 7.11 Å². The van der Waals surface area contributed by atoms with Crippen molar-refractivity contribution in [3.63, 3.8) is 0 Å². The maximum absolute atomic E-state index is 11.9. The van der Waals surface area contributed by atoms with Gasteiger partial charge in [-0.3, -0.25) is 4.79 Å². The molecule has 0 spiro atoms. The molecule has 30 heavy (non-hydrogen) atoms. The lowest BCUT2D eigenvalue weighted by atomic mass is 10.0. The lowest BCUT2D eigenvalue weighted by Crippen LogP contribution is -2.20. The fourth-order valence-electron chi connectivity index (χ4n) is 3.16. The molecule has 2 aliphatic heterocycles. The van der Waals surface area contributed by atoms with Crippen LogP contribution in [0.3, 0.4) is 0 Å². The van der Waals surface area contributed by atoms with E-state index in [9.17, 15) is 14.7 Å². The predicted molar refractivity (Wildman–Crippen MR) is 105 cm³/mol. The number of hydrogen-bond acceptors (Lipinski definition) is 8. The van der Waals surface area contributed by atoms with Crippen LogP contribution in [0, 0.1) is 0 Å². The molecule has 8 heteroatoms. The van der Waals surface area contributed by atoms with Crippen LogP contribution in [-0.4, -0.2) is 49.8 Å². The van der Waals surface area contributed by atoms with Gasteiger partial charge in [0.05, 0.1) is 32.7 Å². The predicted octanol–water partition coefficient (Wildman–Crippen LogP) is 2.40. The molecule has 162 valence electrons. The van der Waals surface area contributed by atoms with Crippen molar-refractivity contribution in [2.45, 2.75) is 44.7 Å². The summed E-state index contributed by atoms with van der Waals surface area (Å²) in [6, 6.07) is 7.59. The second-order valence-corrected chi connectivity index (χ2v) is 6.97. The summed E-state index contributed by atoms with van der Waals surface area (Å²) in [5.74, 6) is -0.260. The molecule has 1 aromatic rings. The van der Waals surface area contributed by atoms with Crippen LogP contribution in [0.1, 0.15) is 31.2 Å². The number of hydrogen-bond donors (Lipinski definition) is 1. The minimum Gasteiger partial charge on any atom is -0.498 e. The number of carbonyl (C=O) groups is 2. The third-order valence-corrected chi connectivity index (χ3v) is 4.86. The molecule has 2 aliphatic rings. The van der Waals surface area contributed by atoms with Crippen molar-refractivity contribution in [1.29, 1.82) is 0 Å². The minimum absolute atomic E-state index is 0.0345. The molecule has 0 bridgehead atoms. The van der Waals surface area contributed by atoms with Crippen molar-refractivity contribution in [2.24, 2.45) is 0 Å². The largest absolute Gasteiger partial charge is 0.498 e. The van der Waals surface area contributed by atoms with Crippen LogP contribution in [0.25, 0.3) is 0 Å². The molecular weight excluding hydrogens is 392 g/mol. The molecule has 2 heterocycles. The summed E-state index contributed by atoms with van der Waals surface area (Å²) in [4.78, 5) is 23.8. The molecule has 0 saturated carbocycles. The Morgan fingerprint density at radius 3 is 2.73 bits per heavy atom. The molecule has 2 unspecified atom stereocenters. The van der Waals surface area contributed by atoms with E-state index in [2.05, 4.69) is 0 Å². The number of cyclic esters (lactones) is 2. The first-order valence-corrected chi connectivity index (χ1v) is 9.87. The highest BCUT2D eigenvalue weighted by atomic mass is 16.6. The Morgan fingerprint density at radius 2 is 1.97 bits per heavy atom. The number of esters is 2. The fourth-order valence-corrected chi connectivity index (χ4v) is 3.16. The molecule has 0 fully saturated rings. The zero-order valence-electron chi connectivity index (χ0n) is 16.9. The van der Waals surface area contributed by atoms with E-state index >= 15 is 0 Å². The number of carbonyl (C=O) groups excluding carboxylic acids is 2. The number of aliphatic hydroxyl groups excluding tert-OH is 1. The Morgan fingerprint density at radius 1 is 1.17 bits per heavy atom. The summed E-state index contributed by atoms with van der Waals surface area (Å²) >= 11 is 0. The van der Waals surface area contributed by atoms with Crippen LogP contribution in [-0.2, 0) is 35.1 Å². The minimum atomic E-state index is -1.36. The lowest BCUT2D eigenvalue weighted by molar-refractivity contribution is -0.151. The van der Waals surface area contributed by atoms with Gasteiger partial charge in [-0.25, -0.2) is 4.79 Å². The van der Waals surface area contributed by atoms with Crippen molar-refractivity contribution in [1.82, 2.24) is 0 Å². The average Bonchev–Trinajstić information content (AvgIpc) is 3.02. The second-order valence-electron chi connectivity index (χ2n) is 6.97. The number of ether oxygens (including phenoxy) is 5. The highest BCUT2D eigenvalue weighted by Gasteiger charge is 2.31. The first kappa shape index (κ1) is 21.9. The summed E-state index contributed by atoms with van der Waals surface area (Å²) < 4.78 is 26.8. The standard InChI is InChI=1S/C22H26O8/c1-26-16-6-4-15(5-7-16)13-29-17-3-2-11-28-20(23)9-8-18-19(10-12-27-14-17)22(25)30-21(18)24/h4-7,10,12,17,22,25H,2-3,8-9,11,13-14H2,1H3/b12-10+. The summed E-state index contributed by atoms with van der Waals surface area (Å²) in [5.41, 5.74) is 1.54. The van der Waals surface area contributed by atoms with E-state index in [-0.39, 0.29) is 37.7 Å². The highest BCUT2D eigenvalue weighted by Crippen LogP contribution is 2.26. The van der Waals surface area contributed by atoms with E-state index in [0.29, 0.717) is 25.0 Å². The first-order valence-electron chi connectivity index (χ1n) is 9.87. The van der Waals surface area contributed by atoms with Crippen molar-refractivity contribution in [3.05, 3.63) is 53.3 Å². The van der Waals surface area contributed by atoms with Crippen LogP contribution in [0.15, 0.2) is 47.7 Å². The van der Waals surface area contributed by atoms with Gasteiger partial charge >= 0.3 is 11.9 Å². The maximum Gasteiger partial charge on any atom is 0.337 e. The van der Waals surface area contributed by atoms with Gasteiger partial charge < -0.3 is 28.8 Å². The molecule has 2 atom stereocenters. The average molecular weight is 418 g/mol. The van der Waals surface area contributed by atoms with E-state index in [1.807, 2.05) is 24.3 Å². The smallest absolute Gasteiger partial charge is 0.337 e. The van der Waals surface area contributed by atoms with E-state index in [4.69, 9.17) is 23.7 Å². The van der Waals surface area contributed by atoms with Gasteiger partial charge in [-0.05, 0) is 43.0 Å². The Balaban J connectivity index is 1.63. The second kappa shape index (κ2) is 10.8. The van der Waals surface area contributed by atoms with Crippen LogP contribution in [0.5, 0.6) is 5.75 Å². The number of methoxy groups -OCH3 is 1. The molecule has 8 nitrogen and oxygen atoms in total. The van der Waals surface area contributed by atoms with Gasteiger partial charge in [0.1, 0.15) is 12.4 Å². The number of benzene rings is 1. The van der Waals surface area contributed by atoms with Crippen LogP contribution >= 0.6 is 0 Å². The molecular formula is C22H26O8. The zero-order chi connectivity index (χ0) is 21.3. The molecule has 1 N–H and O–H groups in total. The summed E-state index contributed by atoms with van der Waals surface area (Å²) in [7, 11) is 1.61. The van der Waals surface area contributed by atoms with Gasteiger partial charge in [-0.15, -0.1) is 0 Å². The van der Waals surface area contributed by atoms with Gasteiger partial charge in [0.2, 0.25) is 6.29 Å². The molecule has 0 saturated heterocycles. The molecule has 1 aromatic carbocycles. The SMILES string of the molecule is COc1ccc(COC2CCCOC(=O)CCC3=C(/C=C/OC2)C(O)OC3=O)cc1. The molecule has 0 aliphatic carbocycles. The quantitative estimate of drug-likeness (QED) is 0.744. The van der Waals surface area contributed by atoms with Crippen LogP contribution < -0.4 is 4.74 Å². The van der Waals surface area contributed by atoms with Crippen LogP contribution in [0.4, 0.5) is 0 Å². The highest BCUT2D eigenvalue weighted by molar-refractivity contribution is 5.93. The van der Waals surface area contributed by atoms with Gasteiger partial charge in [0, 0.05) is 17.6 Å².